The van der Waals surface area contributed by atoms with Crippen LogP contribution in [-0.2, 0) is 10.5 Å². The number of hydrogen-bond donors (Lipinski definition) is 1. The van der Waals surface area contributed by atoms with Gasteiger partial charge in [-0.25, -0.2) is 0 Å². The Balaban J connectivity index is -0.0000000221. The molecule has 0 radical (unpaired) electrons. The second-order valence-electron chi connectivity index (χ2n) is 0.701. The zero-order valence-electron chi connectivity index (χ0n) is 6.85. The summed E-state index contributed by atoms with van der Waals surface area (Å²) in [6, 6.07) is 0. The molecule has 0 fully saturated rings. The molecule has 0 amide bonds. The van der Waals surface area contributed by atoms with E-state index in [2.05, 4.69) is 0 Å². The van der Waals surface area contributed by atoms with E-state index >= 15 is 0 Å². The minimum atomic E-state index is -5.17. The van der Waals surface area contributed by atoms with Crippen LogP contribution < -0.4 is 71.7 Å². The molecule has 0 atom stereocenters. The molecule has 0 aliphatic heterocycles. The second-order valence-corrected chi connectivity index (χ2v) is 1.52. The van der Waals surface area contributed by atoms with E-state index in [1.807, 2.05) is 0 Å². The quantitative estimate of drug-likeness (QED) is 0.224. The summed E-state index contributed by atoms with van der Waals surface area (Å²) < 4.78 is 34.1. The fourth-order valence-electron chi connectivity index (χ4n) is 0. The summed E-state index contributed by atoms with van der Waals surface area (Å²) in [6.07, 6.45) is 0. The summed E-state index contributed by atoms with van der Waals surface area (Å²) in [5.41, 5.74) is 0. The molecular weight excluding hydrogens is 179 g/mol. The van der Waals surface area contributed by atoms with E-state index in [-0.39, 0.29) is 56.6 Å². The van der Waals surface area contributed by atoms with Crippen LogP contribution in [0.2, 0.25) is 0 Å². The Morgan fingerprint density at radius 1 is 1.08 bits per heavy atom. The molecule has 0 spiro atoms. The third-order valence-corrected chi connectivity index (χ3v) is 0. The Labute approximate surface area is 106 Å². The molecule has 0 saturated heterocycles. The molecule has 1 N–H and O–H groups in total. The van der Waals surface area contributed by atoms with Gasteiger partial charge in [-0.2, -0.15) is 8.42 Å². The Morgan fingerprint density at radius 3 is 1.08 bits per heavy atom. The maximum absolute atomic E-state index is 10.2. The molecular formula is HBFLi3O6S. The van der Waals surface area contributed by atoms with Crippen LogP contribution in [0.3, 0.4) is 0 Å². The largest absolute Gasteiger partial charge is 1.00 e. The molecule has 0 aromatic heterocycles. The van der Waals surface area contributed by atoms with Crippen molar-refractivity contribution < 1.29 is 88.5 Å². The third-order valence-electron chi connectivity index (χ3n) is 0. The van der Waals surface area contributed by atoms with Gasteiger partial charge in [0.05, 0.1) is 0 Å². The third kappa shape index (κ3) is 521. The van der Waals surface area contributed by atoms with E-state index in [0.717, 1.165) is 0 Å². The number of rotatable bonds is 0. The van der Waals surface area contributed by atoms with Crippen LogP contribution in [-0.4, -0.2) is 20.3 Å². The average molecular weight is 180 g/mol. The van der Waals surface area contributed by atoms with Crippen molar-refractivity contribution in [2.75, 3.05) is 0 Å². The van der Waals surface area contributed by atoms with Gasteiger partial charge in [0.1, 0.15) is 0 Å². The van der Waals surface area contributed by atoms with Crippen molar-refractivity contribution in [2.45, 2.75) is 0 Å². The molecule has 0 bridgehead atoms. The van der Waals surface area contributed by atoms with E-state index in [4.69, 9.17) is 28.0 Å². The van der Waals surface area contributed by atoms with Crippen molar-refractivity contribution in [1.82, 2.24) is 0 Å². The Bertz CT molecular complexity index is 134. The van der Waals surface area contributed by atoms with Gasteiger partial charge in [0, 0.05) is 0 Å². The molecule has 0 heterocycles. The maximum Gasteiger partial charge on any atom is 1.00 e. The van der Waals surface area contributed by atoms with Crippen LogP contribution in [0.1, 0.15) is 0 Å². The first-order valence-corrected chi connectivity index (χ1v) is 2.72. The summed E-state index contributed by atoms with van der Waals surface area (Å²) >= 11 is 0. The normalized spacial score (nSPS) is 7.08. The van der Waals surface area contributed by atoms with Crippen molar-refractivity contribution in [3.05, 3.63) is 0 Å². The zero-order chi connectivity index (χ0) is 8.08. The van der Waals surface area contributed by atoms with Gasteiger partial charge in [-0.05, 0) is 0 Å². The molecule has 12 heteroatoms. The number of halogens is 1. The van der Waals surface area contributed by atoms with E-state index in [9.17, 15) is 3.89 Å². The van der Waals surface area contributed by atoms with Crippen LogP contribution >= 0.6 is 0 Å². The summed E-state index contributed by atoms with van der Waals surface area (Å²) in [4.78, 5) is 0. The number of hydrogen-bond acceptors (Lipinski definition) is 5. The minimum absolute atomic E-state index is 0. The molecule has 0 aliphatic rings. The molecule has 6 nitrogen and oxygen atoms in total. The maximum atomic E-state index is 10.2. The van der Waals surface area contributed by atoms with Gasteiger partial charge < -0.3 is 15.1 Å². The SMILES string of the molecule is O=S(=O)(O)F.[Li+].[Li+].[Li+].[O-]B([O-])[O-]. The van der Waals surface area contributed by atoms with Gasteiger partial charge in [0.15, 0.2) is 0 Å². The molecule has 56 valence electrons. The predicted molar refractivity (Wildman–Crippen MR) is 18.4 cm³/mol. The second kappa shape index (κ2) is 15.1. The van der Waals surface area contributed by atoms with E-state index < -0.39 is 17.8 Å². The fourth-order valence-corrected chi connectivity index (χ4v) is 0. The van der Waals surface area contributed by atoms with Gasteiger partial charge in [-0.15, -0.1) is 0 Å². The van der Waals surface area contributed by atoms with Gasteiger partial charge >= 0.3 is 67.1 Å². The van der Waals surface area contributed by atoms with Gasteiger partial charge in [0.25, 0.3) is 0 Å². The topological polar surface area (TPSA) is 124 Å². The van der Waals surface area contributed by atoms with Crippen LogP contribution in [0.25, 0.3) is 0 Å². The molecule has 0 aliphatic carbocycles. The van der Waals surface area contributed by atoms with Crippen molar-refractivity contribution in [3.8, 4) is 0 Å². The smallest absolute Gasteiger partial charge is 0.907 e. The molecule has 0 rings (SSSR count). The van der Waals surface area contributed by atoms with Gasteiger partial charge in [-0.3, -0.25) is 11.9 Å². The van der Waals surface area contributed by atoms with E-state index in [0.29, 0.717) is 0 Å². The first-order valence-electron chi connectivity index (χ1n) is 1.38. The Morgan fingerprint density at radius 2 is 1.08 bits per heavy atom. The molecule has 0 unspecified atom stereocenters. The minimum Gasteiger partial charge on any atom is -0.907 e. The van der Waals surface area contributed by atoms with Crippen molar-refractivity contribution in [1.29, 1.82) is 0 Å². The monoisotopic (exact) mass is 180 g/mol. The summed E-state index contributed by atoms with van der Waals surface area (Å²) in [7, 11) is -8.08. The Hall–Kier alpha value is 1.58. The first kappa shape index (κ1) is 29.2. The molecule has 0 aromatic carbocycles. The summed E-state index contributed by atoms with van der Waals surface area (Å²) in [5, 5.41) is 25.2. The summed E-state index contributed by atoms with van der Waals surface area (Å²) in [5.74, 6) is 0. The van der Waals surface area contributed by atoms with Crippen LogP contribution in [0.15, 0.2) is 0 Å². The van der Waals surface area contributed by atoms with E-state index in [1.54, 1.807) is 0 Å². The van der Waals surface area contributed by atoms with Crippen LogP contribution in [0.4, 0.5) is 3.89 Å². The van der Waals surface area contributed by atoms with Crippen molar-refractivity contribution in [3.63, 3.8) is 0 Å². The fraction of sp³-hybridized carbons (Fsp3) is 0. The van der Waals surface area contributed by atoms with Gasteiger partial charge in [-0.1, -0.05) is 3.89 Å². The van der Waals surface area contributed by atoms with Crippen LogP contribution in [0, 0.1) is 0 Å². The van der Waals surface area contributed by atoms with Crippen molar-refractivity contribution in [2.24, 2.45) is 0 Å². The average Bonchev–Trinajstić information content (AvgIpc) is 1.19. The standard InChI is InChI=1S/BO3.FHO3S.3Li/c2-1(3)4;1-5(2,3)4;;;/h;(H,2,3,4);;;/q-3;;3*+1. The summed E-state index contributed by atoms with van der Waals surface area (Å²) in [6.45, 7) is 0. The van der Waals surface area contributed by atoms with Crippen molar-refractivity contribution >= 4 is 17.8 Å². The Kier molecular flexibility index (Phi) is 36.7. The predicted octanol–water partition coefficient (Wildman–Crippen LogP) is -13.2. The molecule has 0 saturated carbocycles. The molecule has 0 aromatic rings. The van der Waals surface area contributed by atoms with E-state index in [1.165, 1.54) is 0 Å². The first-order chi connectivity index (χ1) is 3.73. The zero-order valence-corrected chi connectivity index (χ0v) is 7.67. The van der Waals surface area contributed by atoms with Gasteiger partial charge in [0.2, 0.25) is 0 Å². The molecule has 12 heavy (non-hydrogen) atoms. The van der Waals surface area contributed by atoms with Crippen LogP contribution in [0.5, 0.6) is 0 Å².